The number of hydrogen-bond donors (Lipinski definition) is 0. The van der Waals surface area contributed by atoms with Crippen LogP contribution in [0.1, 0.15) is 16.8 Å². The maximum Gasteiger partial charge on any atom is 0.390 e. The van der Waals surface area contributed by atoms with E-state index in [4.69, 9.17) is 10.7 Å². The molecule has 20 heavy (non-hydrogen) atoms. The second-order valence-electron chi connectivity index (χ2n) is 4.05. The molecule has 0 aromatic heterocycles. The number of carbonyl (C=O) groups excluding carboxylic acids is 1. The first kappa shape index (κ1) is 16.8. The molecule has 1 rings (SSSR count). The zero-order valence-corrected chi connectivity index (χ0v) is 11.9. The summed E-state index contributed by atoms with van der Waals surface area (Å²) in [7, 11) is 2.44. The number of hydrogen-bond acceptors (Lipinski definition) is 3. The summed E-state index contributed by atoms with van der Waals surface area (Å²) in [6.45, 7) is -0.474. The molecular weight excluding hydrogens is 319 g/mol. The number of amides is 1. The minimum atomic E-state index is -4.34. The molecule has 0 bridgehead atoms. The van der Waals surface area contributed by atoms with Crippen LogP contribution >= 0.6 is 10.7 Å². The molecule has 112 valence electrons. The molecule has 0 saturated carbocycles. The van der Waals surface area contributed by atoms with E-state index in [1.807, 2.05) is 0 Å². The Kier molecular flexibility index (Phi) is 5.04. The fraction of sp³-hybridized carbons (Fsp3) is 0.364. The third kappa shape index (κ3) is 5.01. The molecule has 9 heteroatoms. The van der Waals surface area contributed by atoms with Gasteiger partial charge in [0.2, 0.25) is 0 Å². The normalized spacial score (nSPS) is 12.2. The van der Waals surface area contributed by atoms with Crippen molar-refractivity contribution in [1.29, 1.82) is 0 Å². The van der Waals surface area contributed by atoms with E-state index >= 15 is 0 Å². The molecule has 1 aromatic carbocycles. The van der Waals surface area contributed by atoms with E-state index in [1.54, 1.807) is 0 Å². The third-order valence-corrected chi connectivity index (χ3v) is 3.83. The Hall–Kier alpha value is -1.28. The van der Waals surface area contributed by atoms with Crippen LogP contribution in [0.5, 0.6) is 0 Å². The van der Waals surface area contributed by atoms with Crippen molar-refractivity contribution in [3.05, 3.63) is 29.8 Å². The standard InChI is InChI=1S/C11H11ClF3NO3S/c1-16(7-6-11(13,14)15)10(17)8-2-4-9(5-3-8)20(12,18)19/h2-5H,6-7H2,1H3. The lowest BCUT2D eigenvalue weighted by atomic mass is 10.2. The summed E-state index contributed by atoms with van der Waals surface area (Å²) in [5, 5.41) is 0. The molecule has 0 aliphatic heterocycles. The molecular formula is C11H11ClF3NO3S. The van der Waals surface area contributed by atoms with Crippen LogP contribution in [0, 0.1) is 0 Å². The lowest BCUT2D eigenvalue weighted by molar-refractivity contribution is -0.136. The van der Waals surface area contributed by atoms with E-state index in [0.717, 1.165) is 17.0 Å². The van der Waals surface area contributed by atoms with Crippen LogP contribution in [0.25, 0.3) is 0 Å². The van der Waals surface area contributed by atoms with Crippen LogP contribution in [-0.4, -0.2) is 39.0 Å². The highest BCUT2D eigenvalue weighted by Crippen LogP contribution is 2.20. The number of benzene rings is 1. The van der Waals surface area contributed by atoms with Gasteiger partial charge in [0, 0.05) is 29.8 Å². The third-order valence-electron chi connectivity index (χ3n) is 2.46. The van der Waals surface area contributed by atoms with E-state index < -0.39 is 34.1 Å². The summed E-state index contributed by atoms with van der Waals surface area (Å²) >= 11 is 0. The predicted octanol–water partition coefficient (Wildman–Crippen LogP) is 2.64. The van der Waals surface area contributed by atoms with Crippen LogP contribution in [0.4, 0.5) is 13.2 Å². The summed E-state index contributed by atoms with van der Waals surface area (Å²) in [6.07, 6.45) is -5.45. The van der Waals surface area contributed by atoms with E-state index in [2.05, 4.69) is 0 Å². The number of carbonyl (C=O) groups is 1. The first-order chi connectivity index (χ1) is 9.00. The van der Waals surface area contributed by atoms with Gasteiger partial charge in [0.15, 0.2) is 0 Å². The van der Waals surface area contributed by atoms with E-state index in [9.17, 15) is 26.4 Å². The second-order valence-corrected chi connectivity index (χ2v) is 6.62. The Morgan fingerprint density at radius 3 is 2.15 bits per heavy atom. The van der Waals surface area contributed by atoms with Crippen molar-refractivity contribution in [3.8, 4) is 0 Å². The van der Waals surface area contributed by atoms with Crippen molar-refractivity contribution in [2.24, 2.45) is 0 Å². The van der Waals surface area contributed by atoms with Gasteiger partial charge < -0.3 is 4.90 Å². The van der Waals surface area contributed by atoms with Gasteiger partial charge in [0.05, 0.1) is 11.3 Å². The highest BCUT2D eigenvalue weighted by molar-refractivity contribution is 8.13. The van der Waals surface area contributed by atoms with E-state index in [-0.39, 0.29) is 10.5 Å². The fourth-order valence-electron chi connectivity index (χ4n) is 1.38. The molecule has 0 radical (unpaired) electrons. The molecule has 0 saturated heterocycles. The molecule has 0 fully saturated rings. The summed E-state index contributed by atoms with van der Waals surface area (Å²) < 4.78 is 58.2. The van der Waals surface area contributed by atoms with Crippen molar-refractivity contribution >= 4 is 25.6 Å². The summed E-state index contributed by atoms with van der Waals surface area (Å²) in [6, 6.07) is 4.63. The maximum atomic E-state index is 12.0. The monoisotopic (exact) mass is 329 g/mol. The molecule has 0 N–H and O–H groups in total. The Balaban J connectivity index is 2.78. The van der Waals surface area contributed by atoms with Gasteiger partial charge in [0.25, 0.3) is 15.0 Å². The van der Waals surface area contributed by atoms with Crippen molar-refractivity contribution in [1.82, 2.24) is 4.90 Å². The number of halogens is 4. The minimum Gasteiger partial charge on any atom is -0.341 e. The molecule has 0 unspecified atom stereocenters. The van der Waals surface area contributed by atoms with Crippen LogP contribution in [0.3, 0.4) is 0 Å². The first-order valence-electron chi connectivity index (χ1n) is 5.37. The van der Waals surface area contributed by atoms with E-state index in [1.165, 1.54) is 19.2 Å². The fourth-order valence-corrected chi connectivity index (χ4v) is 2.15. The molecule has 0 aliphatic rings. The van der Waals surface area contributed by atoms with Crippen LogP contribution in [-0.2, 0) is 9.05 Å². The zero-order valence-electron chi connectivity index (χ0n) is 10.3. The van der Waals surface area contributed by atoms with E-state index in [0.29, 0.717) is 0 Å². The molecule has 0 aliphatic carbocycles. The zero-order chi connectivity index (χ0) is 15.6. The molecule has 0 spiro atoms. The quantitative estimate of drug-likeness (QED) is 0.798. The molecule has 1 amide bonds. The lowest BCUT2D eigenvalue weighted by Crippen LogP contribution is -2.30. The van der Waals surface area contributed by atoms with Crippen molar-refractivity contribution in [2.75, 3.05) is 13.6 Å². The van der Waals surface area contributed by atoms with Gasteiger partial charge >= 0.3 is 6.18 Å². The number of alkyl halides is 3. The highest BCUT2D eigenvalue weighted by atomic mass is 35.7. The first-order valence-corrected chi connectivity index (χ1v) is 7.68. The van der Waals surface area contributed by atoms with Crippen molar-refractivity contribution in [3.63, 3.8) is 0 Å². The number of rotatable bonds is 4. The highest BCUT2D eigenvalue weighted by Gasteiger charge is 2.28. The Bertz CT molecular complexity index is 584. The van der Waals surface area contributed by atoms with Crippen LogP contribution in [0.2, 0.25) is 0 Å². The Morgan fingerprint density at radius 2 is 1.75 bits per heavy atom. The van der Waals surface area contributed by atoms with Gasteiger partial charge in [-0.05, 0) is 24.3 Å². The smallest absolute Gasteiger partial charge is 0.341 e. The Morgan fingerprint density at radius 1 is 1.25 bits per heavy atom. The molecule has 0 heterocycles. The Labute approximate surface area is 118 Å². The second kappa shape index (κ2) is 6.01. The van der Waals surface area contributed by atoms with Gasteiger partial charge in [-0.25, -0.2) is 8.42 Å². The minimum absolute atomic E-state index is 0.0822. The molecule has 1 aromatic rings. The summed E-state index contributed by atoms with van der Waals surface area (Å²) in [5.41, 5.74) is 0.0822. The van der Waals surface area contributed by atoms with Crippen LogP contribution < -0.4 is 0 Å². The predicted molar refractivity (Wildman–Crippen MR) is 67.1 cm³/mol. The molecule has 0 atom stereocenters. The van der Waals surface area contributed by atoms with Gasteiger partial charge in [-0.3, -0.25) is 4.79 Å². The van der Waals surface area contributed by atoms with Gasteiger partial charge in [-0.1, -0.05) is 0 Å². The van der Waals surface area contributed by atoms with Gasteiger partial charge in [-0.15, -0.1) is 0 Å². The van der Waals surface area contributed by atoms with Gasteiger partial charge in [-0.2, -0.15) is 13.2 Å². The average molecular weight is 330 g/mol. The van der Waals surface area contributed by atoms with Crippen molar-refractivity contribution < 1.29 is 26.4 Å². The lowest BCUT2D eigenvalue weighted by Gasteiger charge is -2.18. The maximum absolute atomic E-state index is 12.0. The average Bonchev–Trinajstić information content (AvgIpc) is 2.33. The largest absolute Gasteiger partial charge is 0.390 e. The summed E-state index contributed by atoms with van der Waals surface area (Å²) in [4.78, 5) is 12.5. The molecule has 4 nitrogen and oxygen atoms in total. The van der Waals surface area contributed by atoms with Crippen LogP contribution in [0.15, 0.2) is 29.2 Å². The number of nitrogens with zero attached hydrogens (tertiary/aromatic N) is 1. The van der Waals surface area contributed by atoms with Gasteiger partial charge in [0.1, 0.15) is 0 Å². The summed E-state index contributed by atoms with van der Waals surface area (Å²) in [5.74, 6) is -0.632. The van der Waals surface area contributed by atoms with Crippen molar-refractivity contribution in [2.45, 2.75) is 17.5 Å². The SMILES string of the molecule is CN(CCC(F)(F)F)C(=O)c1ccc(S(=O)(=O)Cl)cc1. The topological polar surface area (TPSA) is 54.5 Å².